The number of thiol groups is 1. The molecule has 0 fully saturated rings. The number of aliphatic hydroxyl groups excluding tert-OH is 1. The molecule has 0 saturated carbocycles. The highest BCUT2D eigenvalue weighted by Gasteiger charge is 1.99. The van der Waals surface area contributed by atoms with E-state index in [0.717, 1.165) is 0 Å². The van der Waals surface area contributed by atoms with E-state index in [1.807, 2.05) is 0 Å². The van der Waals surface area contributed by atoms with Crippen molar-refractivity contribution in [1.29, 1.82) is 0 Å². The van der Waals surface area contributed by atoms with Gasteiger partial charge in [0.05, 0.1) is 85.9 Å². The summed E-state index contributed by atoms with van der Waals surface area (Å²) >= 11 is 4.12. The molecule has 146 valence electrons. The molecule has 0 aromatic rings. The standard InChI is InChI=1S/C15H32O8S/c1-17-15(24)14-23-13-12-22-11-10-21-9-8-20-7-6-19-5-4-18-3-2-16/h15-16,24H,2-14H2,1H3. The maximum atomic E-state index is 8.50. The van der Waals surface area contributed by atoms with E-state index in [1.165, 1.54) is 0 Å². The van der Waals surface area contributed by atoms with E-state index in [-0.39, 0.29) is 12.0 Å². The second-order valence-electron chi connectivity index (χ2n) is 4.55. The summed E-state index contributed by atoms with van der Waals surface area (Å²) in [6.45, 7) is 5.95. The predicted molar refractivity (Wildman–Crippen MR) is 91.8 cm³/mol. The van der Waals surface area contributed by atoms with Crippen LogP contribution in [0.15, 0.2) is 0 Å². The quantitative estimate of drug-likeness (QED) is 0.175. The number of methoxy groups -OCH3 is 1. The summed E-state index contributed by atoms with van der Waals surface area (Å²) in [5, 5.41) is 8.50. The van der Waals surface area contributed by atoms with E-state index in [4.69, 9.17) is 38.3 Å². The minimum absolute atomic E-state index is 0.0345. The molecule has 0 bridgehead atoms. The van der Waals surface area contributed by atoms with Gasteiger partial charge in [0, 0.05) is 7.11 Å². The highest BCUT2D eigenvalue weighted by atomic mass is 32.1. The van der Waals surface area contributed by atoms with Gasteiger partial charge in [-0.3, -0.25) is 0 Å². The van der Waals surface area contributed by atoms with Gasteiger partial charge in [-0.15, -0.1) is 12.6 Å². The highest BCUT2D eigenvalue weighted by molar-refractivity contribution is 7.80. The Morgan fingerprint density at radius 3 is 1.29 bits per heavy atom. The maximum Gasteiger partial charge on any atom is 0.123 e. The van der Waals surface area contributed by atoms with Crippen LogP contribution in [0.25, 0.3) is 0 Å². The summed E-state index contributed by atoms with van der Waals surface area (Å²) in [7, 11) is 1.58. The average molecular weight is 372 g/mol. The molecule has 0 aromatic heterocycles. The first-order valence-corrected chi connectivity index (χ1v) is 8.61. The Balaban J connectivity index is 2.98. The highest BCUT2D eigenvalue weighted by Crippen LogP contribution is 1.95. The molecule has 0 aliphatic rings. The fourth-order valence-corrected chi connectivity index (χ4v) is 1.52. The number of aliphatic hydroxyl groups is 1. The molecular weight excluding hydrogens is 340 g/mol. The Bertz CT molecular complexity index is 236. The molecule has 0 radical (unpaired) electrons. The number of rotatable bonds is 20. The second kappa shape index (κ2) is 21.1. The first kappa shape index (κ1) is 24.0. The Labute approximate surface area is 150 Å². The molecule has 0 rings (SSSR count). The predicted octanol–water partition coefficient (Wildman–Crippen LogP) is -0.0194. The molecule has 8 nitrogen and oxygen atoms in total. The molecule has 9 heteroatoms. The van der Waals surface area contributed by atoms with Gasteiger partial charge < -0.3 is 38.3 Å². The van der Waals surface area contributed by atoms with Crippen molar-refractivity contribution in [2.45, 2.75) is 5.44 Å². The maximum absolute atomic E-state index is 8.50. The number of hydrogen-bond acceptors (Lipinski definition) is 9. The molecule has 0 amide bonds. The smallest absolute Gasteiger partial charge is 0.123 e. The van der Waals surface area contributed by atoms with E-state index in [0.29, 0.717) is 79.3 Å². The van der Waals surface area contributed by atoms with Crippen LogP contribution in [0.3, 0.4) is 0 Å². The van der Waals surface area contributed by atoms with Gasteiger partial charge in [0.1, 0.15) is 5.44 Å². The lowest BCUT2D eigenvalue weighted by Crippen LogP contribution is -2.16. The lowest BCUT2D eigenvalue weighted by Gasteiger charge is -2.10. The number of hydrogen-bond donors (Lipinski definition) is 2. The summed E-state index contributed by atoms with van der Waals surface area (Å²) in [5.41, 5.74) is -0.196. The Morgan fingerprint density at radius 2 is 0.958 bits per heavy atom. The molecule has 1 N–H and O–H groups in total. The van der Waals surface area contributed by atoms with E-state index in [9.17, 15) is 0 Å². The first-order chi connectivity index (χ1) is 11.8. The van der Waals surface area contributed by atoms with Gasteiger partial charge in [0.25, 0.3) is 0 Å². The lowest BCUT2D eigenvalue weighted by atomic mass is 10.6. The number of ether oxygens (including phenoxy) is 7. The van der Waals surface area contributed by atoms with E-state index in [2.05, 4.69) is 12.6 Å². The van der Waals surface area contributed by atoms with Crippen LogP contribution in [0.2, 0.25) is 0 Å². The second-order valence-corrected chi connectivity index (χ2v) is 5.13. The van der Waals surface area contributed by atoms with Crippen molar-refractivity contribution in [3.05, 3.63) is 0 Å². The van der Waals surface area contributed by atoms with Crippen LogP contribution in [0.4, 0.5) is 0 Å². The summed E-state index contributed by atoms with van der Waals surface area (Å²) < 4.78 is 36.6. The van der Waals surface area contributed by atoms with Gasteiger partial charge in [-0.05, 0) is 0 Å². The van der Waals surface area contributed by atoms with Crippen molar-refractivity contribution in [2.24, 2.45) is 0 Å². The molecule has 0 aromatic carbocycles. The summed E-state index contributed by atoms with van der Waals surface area (Å²) in [6, 6.07) is 0. The van der Waals surface area contributed by atoms with Crippen LogP contribution >= 0.6 is 12.6 Å². The van der Waals surface area contributed by atoms with Crippen LogP contribution in [0, 0.1) is 0 Å². The monoisotopic (exact) mass is 372 g/mol. The van der Waals surface area contributed by atoms with Crippen LogP contribution in [0.1, 0.15) is 0 Å². The fourth-order valence-electron chi connectivity index (χ4n) is 1.42. The van der Waals surface area contributed by atoms with Crippen LogP contribution in [-0.4, -0.2) is 104 Å². The van der Waals surface area contributed by atoms with E-state index >= 15 is 0 Å². The molecule has 0 saturated heterocycles. The van der Waals surface area contributed by atoms with Gasteiger partial charge in [0.2, 0.25) is 0 Å². The Hall–Kier alpha value is 0.0300. The topological polar surface area (TPSA) is 84.8 Å². The third kappa shape index (κ3) is 20.1. The molecule has 0 heterocycles. The third-order valence-corrected chi connectivity index (χ3v) is 2.99. The molecule has 1 unspecified atom stereocenters. The zero-order valence-electron chi connectivity index (χ0n) is 14.5. The molecule has 1 atom stereocenters. The van der Waals surface area contributed by atoms with Crippen molar-refractivity contribution < 1.29 is 38.3 Å². The fraction of sp³-hybridized carbons (Fsp3) is 1.00. The van der Waals surface area contributed by atoms with Crippen LogP contribution in [0.5, 0.6) is 0 Å². The largest absolute Gasteiger partial charge is 0.394 e. The Morgan fingerprint density at radius 1 is 0.625 bits per heavy atom. The van der Waals surface area contributed by atoms with Crippen molar-refractivity contribution in [2.75, 3.05) is 93.0 Å². The van der Waals surface area contributed by atoms with Gasteiger partial charge in [-0.1, -0.05) is 0 Å². The van der Waals surface area contributed by atoms with Crippen molar-refractivity contribution in [3.8, 4) is 0 Å². The summed E-state index contributed by atoms with van der Waals surface area (Å²) in [5.74, 6) is 0. The van der Waals surface area contributed by atoms with Gasteiger partial charge in [-0.25, -0.2) is 0 Å². The minimum Gasteiger partial charge on any atom is -0.394 e. The lowest BCUT2D eigenvalue weighted by molar-refractivity contribution is -0.0215. The summed E-state index contributed by atoms with van der Waals surface area (Å²) in [4.78, 5) is 0. The molecule has 0 spiro atoms. The van der Waals surface area contributed by atoms with Gasteiger partial charge in [0.15, 0.2) is 0 Å². The molecule has 0 aliphatic heterocycles. The van der Waals surface area contributed by atoms with E-state index < -0.39 is 0 Å². The van der Waals surface area contributed by atoms with Crippen LogP contribution < -0.4 is 0 Å². The molecule has 0 aliphatic carbocycles. The summed E-state index contributed by atoms with van der Waals surface area (Å²) in [6.07, 6.45) is 0. The normalized spacial score (nSPS) is 12.6. The van der Waals surface area contributed by atoms with Gasteiger partial charge >= 0.3 is 0 Å². The molecular formula is C15H32O8S. The van der Waals surface area contributed by atoms with Crippen molar-refractivity contribution in [1.82, 2.24) is 0 Å². The minimum atomic E-state index is -0.196. The van der Waals surface area contributed by atoms with E-state index in [1.54, 1.807) is 7.11 Å². The van der Waals surface area contributed by atoms with Crippen LogP contribution in [-0.2, 0) is 33.2 Å². The zero-order valence-corrected chi connectivity index (χ0v) is 15.4. The zero-order chi connectivity index (χ0) is 17.7. The third-order valence-electron chi connectivity index (χ3n) is 2.63. The first-order valence-electron chi connectivity index (χ1n) is 8.09. The SMILES string of the molecule is COC(S)COCCOCCOCCOCCOCCOCCO. The molecule has 24 heavy (non-hydrogen) atoms. The average Bonchev–Trinajstić information content (AvgIpc) is 2.60. The Kier molecular flexibility index (Phi) is 21.1. The van der Waals surface area contributed by atoms with Crippen molar-refractivity contribution in [3.63, 3.8) is 0 Å². The van der Waals surface area contributed by atoms with Gasteiger partial charge in [-0.2, -0.15) is 0 Å². The van der Waals surface area contributed by atoms with Crippen molar-refractivity contribution >= 4 is 12.6 Å².